The molecule has 0 atom stereocenters. The number of aryl methyl sites for hydroxylation is 1. The Morgan fingerprint density at radius 1 is 0.971 bits per heavy atom. The van der Waals surface area contributed by atoms with Crippen molar-refractivity contribution in [2.45, 2.75) is 38.6 Å². The lowest BCUT2D eigenvalue weighted by Gasteiger charge is -2.16. The van der Waals surface area contributed by atoms with Crippen LogP contribution in [0.2, 0.25) is 0 Å². The van der Waals surface area contributed by atoms with Gasteiger partial charge in [0.15, 0.2) is 5.82 Å². The Morgan fingerprint density at radius 2 is 1.74 bits per heavy atom. The smallest absolute Gasteiger partial charge is 0.257 e. The third-order valence-electron chi connectivity index (χ3n) is 6.21. The van der Waals surface area contributed by atoms with E-state index < -0.39 is 0 Å². The molecular weight excluding hydrogens is 444 g/mol. The lowest BCUT2D eigenvalue weighted by molar-refractivity contribution is 0.0936. The summed E-state index contributed by atoms with van der Waals surface area (Å²) in [5, 5.41) is 12.2. The number of carbonyl (C=O) groups is 2. The number of anilines is 3. The number of aromatic nitrogens is 1. The molecule has 3 N–H and O–H groups in total. The Hall–Kier alpha value is -3.71. The van der Waals surface area contributed by atoms with Crippen LogP contribution in [0, 0.1) is 6.92 Å². The van der Waals surface area contributed by atoms with E-state index in [9.17, 15) is 9.59 Å². The van der Waals surface area contributed by atoms with Crippen molar-refractivity contribution in [3.63, 3.8) is 0 Å². The number of hydrogen-bond donors (Lipinski definition) is 3. The third kappa shape index (κ3) is 4.65. The van der Waals surface area contributed by atoms with E-state index in [-0.39, 0.29) is 17.9 Å². The van der Waals surface area contributed by atoms with Crippen LogP contribution in [0.25, 0.3) is 10.1 Å². The van der Waals surface area contributed by atoms with Gasteiger partial charge in [0.2, 0.25) is 0 Å². The van der Waals surface area contributed by atoms with Gasteiger partial charge in [-0.25, -0.2) is 4.98 Å². The molecule has 2 amide bonds. The molecule has 4 aromatic rings. The van der Waals surface area contributed by atoms with Gasteiger partial charge in [-0.3, -0.25) is 9.59 Å². The highest BCUT2D eigenvalue weighted by molar-refractivity contribution is 7.17. The number of nitrogens with zero attached hydrogens (tertiary/aromatic N) is 1. The molecule has 5 rings (SSSR count). The molecule has 0 bridgehead atoms. The Balaban J connectivity index is 1.46. The molecule has 0 spiro atoms. The predicted octanol–water partition coefficient (Wildman–Crippen LogP) is 6.27. The Kier molecular flexibility index (Phi) is 6.27. The summed E-state index contributed by atoms with van der Waals surface area (Å²) in [5.74, 6) is 0.0818. The molecule has 1 fully saturated rings. The van der Waals surface area contributed by atoms with Crippen LogP contribution in [-0.2, 0) is 0 Å². The minimum Gasteiger partial charge on any atom is -0.349 e. The number of benzene rings is 2. The molecule has 172 valence electrons. The van der Waals surface area contributed by atoms with Crippen LogP contribution in [0.5, 0.6) is 0 Å². The van der Waals surface area contributed by atoms with Gasteiger partial charge < -0.3 is 16.0 Å². The number of carbonyl (C=O) groups excluding carboxylic acids is 2. The van der Waals surface area contributed by atoms with Crippen molar-refractivity contribution >= 4 is 50.4 Å². The summed E-state index contributed by atoms with van der Waals surface area (Å²) in [6, 6.07) is 17.6. The molecule has 6 nitrogen and oxygen atoms in total. The Morgan fingerprint density at radius 3 is 2.56 bits per heavy atom. The largest absolute Gasteiger partial charge is 0.349 e. The first-order valence-corrected chi connectivity index (χ1v) is 12.4. The second kappa shape index (κ2) is 9.65. The van der Waals surface area contributed by atoms with Gasteiger partial charge in [-0.15, -0.1) is 11.3 Å². The number of thiophene rings is 1. The van der Waals surface area contributed by atoms with E-state index in [2.05, 4.69) is 20.9 Å². The zero-order valence-corrected chi connectivity index (χ0v) is 19.7. The van der Waals surface area contributed by atoms with Crippen LogP contribution in [0.1, 0.15) is 52.0 Å². The first-order valence-electron chi connectivity index (χ1n) is 11.5. The average molecular weight is 471 g/mol. The van der Waals surface area contributed by atoms with E-state index in [1.807, 2.05) is 60.8 Å². The molecule has 1 saturated carbocycles. The van der Waals surface area contributed by atoms with Crippen LogP contribution in [0.4, 0.5) is 17.2 Å². The standard InChI is InChI=1S/C27H26N4O2S/c1-17-8-2-6-12-22(17)30-25-23(14-18(15-28-25)26(32)29-19-9-3-4-10-19)31-27(33)21-16-34-24-13-7-5-11-20(21)24/h2,5-8,11-16,19H,3-4,9-10H2,1H3,(H,28,30)(H,29,32)(H,31,33). The summed E-state index contributed by atoms with van der Waals surface area (Å²) in [7, 11) is 0. The molecule has 1 aliphatic carbocycles. The van der Waals surface area contributed by atoms with E-state index in [1.165, 1.54) is 11.3 Å². The van der Waals surface area contributed by atoms with Crippen LogP contribution in [0.15, 0.2) is 66.2 Å². The quantitative estimate of drug-likeness (QED) is 0.310. The molecule has 2 heterocycles. The SMILES string of the molecule is Cc1ccccc1Nc1ncc(C(=O)NC2CCCC2)cc1NC(=O)c1csc2ccccc12. The minimum absolute atomic E-state index is 0.168. The second-order valence-electron chi connectivity index (χ2n) is 8.61. The second-order valence-corrected chi connectivity index (χ2v) is 9.53. The Labute approximate surface area is 202 Å². The molecule has 2 aromatic carbocycles. The highest BCUT2D eigenvalue weighted by Crippen LogP contribution is 2.30. The van der Waals surface area contributed by atoms with E-state index in [4.69, 9.17) is 0 Å². The topological polar surface area (TPSA) is 83.1 Å². The van der Waals surface area contributed by atoms with Gasteiger partial charge >= 0.3 is 0 Å². The number of hydrogen-bond acceptors (Lipinski definition) is 5. The fourth-order valence-corrected chi connectivity index (χ4v) is 5.25. The molecule has 1 aliphatic rings. The van der Waals surface area contributed by atoms with Gasteiger partial charge in [0.1, 0.15) is 0 Å². The lowest BCUT2D eigenvalue weighted by Crippen LogP contribution is -2.32. The van der Waals surface area contributed by atoms with Gasteiger partial charge in [0.25, 0.3) is 11.8 Å². The van der Waals surface area contributed by atoms with E-state index in [1.54, 1.807) is 12.3 Å². The molecule has 0 radical (unpaired) electrons. The molecule has 34 heavy (non-hydrogen) atoms. The normalized spacial score (nSPS) is 13.7. The zero-order chi connectivity index (χ0) is 23.5. The number of fused-ring (bicyclic) bond motifs is 1. The first kappa shape index (κ1) is 22.1. The predicted molar refractivity (Wildman–Crippen MR) is 138 cm³/mol. The van der Waals surface area contributed by atoms with E-state index in [0.717, 1.165) is 47.0 Å². The summed E-state index contributed by atoms with van der Waals surface area (Å²) in [6.45, 7) is 2.00. The average Bonchev–Trinajstić information content (AvgIpc) is 3.51. The first-order chi connectivity index (χ1) is 16.6. The maximum atomic E-state index is 13.3. The van der Waals surface area contributed by atoms with E-state index >= 15 is 0 Å². The summed E-state index contributed by atoms with van der Waals surface area (Å²) in [5.41, 5.74) is 3.42. The highest BCUT2D eigenvalue weighted by atomic mass is 32.1. The van der Waals surface area contributed by atoms with Gasteiger partial charge in [0, 0.05) is 33.4 Å². The molecular formula is C27H26N4O2S. The monoisotopic (exact) mass is 470 g/mol. The van der Waals surface area contributed by atoms with Gasteiger partial charge in [0.05, 0.1) is 16.8 Å². The van der Waals surface area contributed by atoms with Crippen LogP contribution >= 0.6 is 11.3 Å². The fourth-order valence-electron chi connectivity index (χ4n) is 4.31. The number of para-hydroxylation sites is 1. The van der Waals surface area contributed by atoms with Crippen molar-refractivity contribution in [3.8, 4) is 0 Å². The van der Waals surface area contributed by atoms with E-state index in [0.29, 0.717) is 22.6 Å². The van der Waals surface area contributed by atoms with Crippen molar-refractivity contribution < 1.29 is 9.59 Å². The van der Waals surface area contributed by atoms with Crippen molar-refractivity contribution in [3.05, 3.63) is 82.9 Å². The summed E-state index contributed by atoms with van der Waals surface area (Å²) in [4.78, 5) is 30.7. The zero-order valence-electron chi connectivity index (χ0n) is 18.9. The van der Waals surface area contributed by atoms with Crippen LogP contribution in [0.3, 0.4) is 0 Å². The fraction of sp³-hybridized carbons (Fsp3) is 0.222. The van der Waals surface area contributed by atoms with Crippen LogP contribution in [-0.4, -0.2) is 22.8 Å². The van der Waals surface area contributed by atoms with Gasteiger partial charge in [-0.1, -0.05) is 49.2 Å². The van der Waals surface area contributed by atoms with Crippen molar-refractivity contribution in [1.29, 1.82) is 0 Å². The summed E-state index contributed by atoms with van der Waals surface area (Å²) in [6.07, 6.45) is 5.83. The number of nitrogens with one attached hydrogen (secondary N) is 3. The molecule has 2 aromatic heterocycles. The van der Waals surface area contributed by atoms with Crippen molar-refractivity contribution in [2.75, 3.05) is 10.6 Å². The lowest BCUT2D eigenvalue weighted by atomic mass is 10.1. The molecule has 0 saturated heterocycles. The summed E-state index contributed by atoms with van der Waals surface area (Å²) >= 11 is 1.53. The highest BCUT2D eigenvalue weighted by Gasteiger charge is 2.20. The number of pyridine rings is 1. The third-order valence-corrected chi connectivity index (χ3v) is 7.18. The minimum atomic E-state index is -0.236. The Bertz CT molecular complexity index is 1360. The number of amides is 2. The maximum absolute atomic E-state index is 13.3. The van der Waals surface area contributed by atoms with Gasteiger partial charge in [-0.05, 0) is 43.5 Å². The van der Waals surface area contributed by atoms with Crippen LogP contribution < -0.4 is 16.0 Å². The molecule has 0 unspecified atom stereocenters. The molecule has 0 aliphatic heterocycles. The van der Waals surface area contributed by atoms with Crippen molar-refractivity contribution in [2.24, 2.45) is 0 Å². The van der Waals surface area contributed by atoms with Gasteiger partial charge in [-0.2, -0.15) is 0 Å². The van der Waals surface area contributed by atoms with Crippen molar-refractivity contribution in [1.82, 2.24) is 10.3 Å². The molecule has 7 heteroatoms. The number of rotatable bonds is 6. The summed E-state index contributed by atoms with van der Waals surface area (Å²) < 4.78 is 1.05. The maximum Gasteiger partial charge on any atom is 0.257 e.